The number of aromatic hydroxyl groups is 1. The van der Waals surface area contributed by atoms with Crippen molar-refractivity contribution in [2.75, 3.05) is 12.8 Å². The average Bonchev–Trinajstić information content (AvgIpc) is 2.98. The van der Waals surface area contributed by atoms with Gasteiger partial charge in [0.05, 0.1) is 17.7 Å². The van der Waals surface area contributed by atoms with Gasteiger partial charge >= 0.3 is 0 Å². The molecule has 0 saturated carbocycles. The second kappa shape index (κ2) is 6.45. The molecule has 0 aliphatic rings. The van der Waals surface area contributed by atoms with Crippen molar-refractivity contribution in [2.24, 2.45) is 0 Å². The number of nitrogens with zero attached hydrogens (tertiary/aromatic N) is 4. The maximum Gasteiger partial charge on any atom is 0.152 e. The summed E-state index contributed by atoms with van der Waals surface area (Å²) in [6, 6.07) is 3.59. The number of rotatable bonds is 3. The van der Waals surface area contributed by atoms with Crippen LogP contribution >= 0.6 is 0 Å². The number of nitrogen functional groups attached to an aromatic ring is 1. The van der Waals surface area contributed by atoms with Gasteiger partial charge in [-0.1, -0.05) is 6.07 Å². The fourth-order valence-corrected chi connectivity index (χ4v) is 3.97. The van der Waals surface area contributed by atoms with Crippen molar-refractivity contribution in [3.05, 3.63) is 46.4 Å². The molecular formula is C21H23N5O2. The van der Waals surface area contributed by atoms with Crippen LogP contribution in [0.3, 0.4) is 0 Å². The van der Waals surface area contributed by atoms with Crippen molar-refractivity contribution in [1.29, 1.82) is 0 Å². The number of aryl methyl sites for hydroxylation is 3. The third-order valence-electron chi connectivity index (χ3n) is 5.41. The van der Waals surface area contributed by atoms with Gasteiger partial charge in [0.2, 0.25) is 0 Å². The Kier molecular flexibility index (Phi) is 4.19. The van der Waals surface area contributed by atoms with E-state index in [2.05, 4.69) is 9.97 Å². The van der Waals surface area contributed by atoms with Crippen molar-refractivity contribution < 1.29 is 9.84 Å². The maximum atomic E-state index is 10.3. The zero-order chi connectivity index (χ0) is 20.2. The third-order valence-corrected chi connectivity index (χ3v) is 5.41. The Balaban J connectivity index is 2.28. The second-order valence-electron chi connectivity index (χ2n) is 7.10. The molecule has 0 aliphatic carbocycles. The number of aromatic nitrogens is 4. The molecule has 0 amide bonds. The minimum absolute atomic E-state index is 0.224. The molecule has 4 aromatic rings. The first kappa shape index (κ1) is 18.2. The van der Waals surface area contributed by atoms with E-state index in [0.29, 0.717) is 18.1 Å². The number of fused-ring (bicyclic) bond motifs is 3. The largest absolute Gasteiger partial charge is 0.508 e. The molecule has 1 aromatic carbocycles. The first-order valence-electron chi connectivity index (χ1n) is 9.06. The van der Waals surface area contributed by atoms with E-state index >= 15 is 0 Å². The van der Waals surface area contributed by atoms with Crippen LogP contribution in [-0.2, 0) is 11.3 Å². The Morgan fingerprint density at radius 3 is 2.50 bits per heavy atom. The lowest BCUT2D eigenvalue weighted by Crippen LogP contribution is -2.05. The lowest BCUT2D eigenvalue weighted by atomic mass is 10.0. The molecule has 3 N–H and O–H groups in total. The molecule has 3 aromatic heterocycles. The van der Waals surface area contributed by atoms with E-state index in [9.17, 15) is 5.11 Å². The SMILES string of the molecule is COCc1c(C)nc2c(c1C)c1c(N)ncnc1n2-c1c(C)ccc(O)c1C. The van der Waals surface area contributed by atoms with E-state index in [4.69, 9.17) is 15.5 Å². The third kappa shape index (κ3) is 2.43. The van der Waals surface area contributed by atoms with Gasteiger partial charge < -0.3 is 15.6 Å². The van der Waals surface area contributed by atoms with Crippen molar-refractivity contribution in [2.45, 2.75) is 34.3 Å². The molecule has 7 heteroatoms. The highest BCUT2D eigenvalue weighted by atomic mass is 16.5. The summed E-state index contributed by atoms with van der Waals surface area (Å²) in [7, 11) is 1.67. The number of pyridine rings is 1. The molecule has 4 rings (SSSR count). The number of nitrogens with two attached hydrogens (primary N) is 1. The molecular weight excluding hydrogens is 354 g/mol. The van der Waals surface area contributed by atoms with E-state index in [1.54, 1.807) is 13.2 Å². The predicted molar refractivity (Wildman–Crippen MR) is 110 cm³/mol. The summed E-state index contributed by atoms with van der Waals surface area (Å²) in [5.74, 6) is 0.628. The quantitative estimate of drug-likeness (QED) is 0.565. The molecule has 144 valence electrons. The predicted octanol–water partition coefficient (Wildman–Crippen LogP) is 3.64. The van der Waals surface area contributed by atoms with Crippen LogP contribution in [-0.4, -0.2) is 31.7 Å². The standard InChI is InChI=1S/C21H23N5O2/c1-10-6-7-15(27)12(3)18(10)26-20-17(19(22)23-9-24-20)16-11(2)14(8-28-5)13(4)25-21(16)26/h6-7,9,27H,8H2,1-5H3,(H2,22,23,24). The highest BCUT2D eigenvalue weighted by Crippen LogP contribution is 2.39. The van der Waals surface area contributed by atoms with E-state index in [1.165, 1.54) is 6.33 Å². The molecule has 0 radical (unpaired) electrons. The molecule has 7 nitrogen and oxygen atoms in total. The number of anilines is 1. The van der Waals surface area contributed by atoms with Gasteiger partial charge in [-0.2, -0.15) is 0 Å². The molecule has 0 atom stereocenters. The summed E-state index contributed by atoms with van der Waals surface area (Å²) in [6.07, 6.45) is 1.46. The van der Waals surface area contributed by atoms with Crippen LogP contribution in [0.5, 0.6) is 5.75 Å². The first-order valence-corrected chi connectivity index (χ1v) is 9.06. The normalized spacial score (nSPS) is 11.6. The van der Waals surface area contributed by atoms with Crippen molar-refractivity contribution in [3.63, 3.8) is 0 Å². The Hall–Kier alpha value is -3.19. The van der Waals surface area contributed by atoms with Gasteiger partial charge in [0.1, 0.15) is 23.5 Å². The molecule has 0 aliphatic heterocycles. The zero-order valence-electron chi connectivity index (χ0n) is 16.7. The van der Waals surface area contributed by atoms with Gasteiger partial charge in [-0.05, 0) is 44.9 Å². The average molecular weight is 377 g/mol. The van der Waals surface area contributed by atoms with Crippen LogP contribution in [0.1, 0.15) is 27.9 Å². The highest BCUT2D eigenvalue weighted by Gasteiger charge is 2.24. The molecule has 0 bridgehead atoms. The lowest BCUT2D eigenvalue weighted by molar-refractivity contribution is 0.183. The van der Waals surface area contributed by atoms with Gasteiger partial charge in [0, 0.05) is 29.3 Å². The maximum absolute atomic E-state index is 10.3. The Bertz CT molecular complexity index is 1240. The van der Waals surface area contributed by atoms with Gasteiger partial charge in [-0.3, -0.25) is 4.57 Å². The van der Waals surface area contributed by atoms with Gasteiger partial charge in [-0.25, -0.2) is 15.0 Å². The summed E-state index contributed by atoms with van der Waals surface area (Å²) in [4.78, 5) is 13.6. The van der Waals surface area contributed by atoms with Crippen LogP contribution in [0.2, 0.25) is 0 Å². The molecule has 0 saturated heterocycles. The smallest absolute Gasteiger partial charge is 0.152 e. The highest BCUT2D eigenvalue weighted by molar-refractivity contribution is 6.13. The van der Waals surface area contributed by atoms with E-state index in [1.807, 2.05) is 38.3 Å². The minimum atomic E-state index is 0.224. The minimum Gasteiger partial charge on any atom is -0.508 e. The Morgan fingerprint density at radius 2 is 1.79 bits per heavy atom. The topological polar surface area (TPSA) is 99.1 Å². The van der Waals surface area contributed by atoms with Crippen molar-refractivity contribution in [3.8, 4) is 11.4 Å². The van der Waals surface area contributed by atoms with Crippen LogP contribution in [0, 0.1) is 27.7 Å². The van der Waals surface area contributed by atoms with Crippen molar-refractivity contribution in [1.82, 2.24) is 19.5 Å². The number of phenolic OH excluding ortho intramolecular Hbond substituents is 1. The monoisotopic (exact) mass is 377 g/mol. The summed E-state index contributed by atoms with van der Waals surface area (Å²) >= 11 is 0. The van der Waals surface area contributed by atoms with Gasteiger partial charge in [0.15, 0.2) is 5.65 Å². The van der Waals surface area contributed by atoms with Gasteiger partial charge in [-0.15, -0.1) is 0 Å². The summed E-state index contributed by atoms with van der Waals surface area (Å²) in [6.45, 7) is 8.37. The van der Waals surface area contributed by atoms with E-state index < -0.39 is 0 Å². The summed E-state index contributed by atoms with van der Waals surface area (Å²) in [5, 5.41) is 12.0. The first-order chi connectivity index (χ1) is 13.4. The lowest BCUT2D eigenvalue weighted by Gasteiger charge is -2.15. The molecule has 28 heavy (non-hydrogen) atoms. The van der Waals surface area contributed by atoms with Gasteiger partial charge in [0.25, 0.3) is 0 Å². The second-order valence-corrected chi connectivity index (χ2v) is 7.10. The fourth-order valence-electron chi connectivity index (χ4n) is 3.97. The number of methoxy groups -OCH3 is 1. The van der Waals surface area contributed by atoms with E-state index in [-0.39, 0.29) is 5.75 Å². The summed E-state index contributed by atoms with van der Waals surface area (Å²) < 4.78 is 7.36. The Morgan fingerprint density at radius 1 is 1.04 bits per heavy atom. The van der Waals surface area contributed by atoms with Crippen LogP contribution < -0.4 is 5.73 Å². The number of hydrogen-bond acceptors (Lipinski definition) is 6. The van der Waals surface area contributed by atoms with Crippen LogP contribution in [0.4, 0.5) is 5.82 Å². The Labute approximate surface area is 162 Å². The molecule has 0 unspecified atom stereocenters. The van der Waals surface area contributed by atoms with E-state index in [0.717, 1.165) is 50.1 Å². The summed E-state index contributed by atoms with van der Waals surface area (Å²) in [5.41, 5.74) is 13.3. The molecule has 0 spiro atoms. The molecule has 0 fully saturated rings. The number of phenols is 1. The number of ether oxygens (including phenoxy) is 1. The van der Waals surface area contributed by atoms with Crippen LogP contribution in [0.15, 0.2) is 18.5 Å². The van der Waals surface area contributed by atoms with Crippen LogP contribution in [0.25, 0.3) is 27.8 Å². The molecule has 3 heterocycles. The number of benzene rings is 1. The fraction of sp³-hybridized carbons (Fsp3) is 0.286. The zero-order valence-corrected chi connectivity index (χ0v) is 16.7. The number of hydrogen-bond donors (Lipinski definition) is 2. The van der Waals surface area contributed by atoms with Crippen molar-refractivity contribution >= 4 is 27.9 Å².